The van der Waals surface area contributed by atoms with Crippen LogP contribution in [0.25, 0.3) is 10.9 Å². The van der Waals surface area contributed by atoms with E-state index >= 15 is 0 Å². The summed E-state index contributed by atoms with van der Waals surface area (Å²) in [6.07, 6.45) is 4.25. The number of rotatable bonds is 4. The predicted molar refractivity (Wildman–Crippen MR) is 119 cm³/mol. The molecule has 0 aliphatic heterocycles. The molecule has 0 atom stereocenters. The van der Waals surface area contributed by atoms with Gasteiger partial charge in [0.15, 0.2) is 5.11 Å². The molecular formula is C20H21N5O2S2. The Morgan fingerprint density at radius 2 is 1.76 bits per heavy atom. The van der Waals surface area contributed by atoms with Crippen molar-refractivity contribution in [3.8, 4) is 0 Å². The molecule has 1 aromatic heterocycles. The molecule has 0 fully saturated rings. The fraction of sp³-hybridized carbons (Fsp3) is 0.200. The quantitative estimate of drug-likeness (QED) is 0.374. The Bertz CT molecular complexity index is 1180. The number of hydrogen-bond acceptors (Lipinski definition) is 5. The van der Waals surface area contributed by atoms with E-state index < -0.39 is 10.0 Å². The van der Waals surface area contributed by atoms with Crippen molar-refractivity contribution >= 4 is 49.6 Å². The van der Waals surface area contributed by atoms with Gasteiger partial charge in [-0.15, -0.1) is 0 Å². The SMILES string of the molecule is NS(=O)(=O)c1ccc(NC(=S)NNc2c3c(nc4ccccc24)CCCC3)cc1. The first-order valence-corrected chi connectivity index (χ1v) is 11.2. The highest BCUT2D eigenvalue weighted by molar-refractivity contribution is 7.89. The van der Waals surface area contributed by atoms with E-state index in [0.29, 0.717) is 10.8 Å². The molecule has 0 saturated heterocycles. The Kier molecular flexibility index (Phi) is 5.35. The van der Waals surface area contributed by atoms with Gasteiger partial charge in [-0.25, -0.2) is 13.6 Å². The lowest BCUT2D eigenvalue weighted by molar-refractivity contribution is 0.598. The number of anilines is 2. The normalized spacial score (nSPS) is 13.6. The number of para-hydroxylation sites is 1. The van der Waals surface area contributed by atoms with Crippen molar-refractivity contribution in [2.45, 2.75) is 30.6 Å². The van der Waals surface area contributed by atoms with Gasteiger partial charge in [0.25, 0.3) is 0 Å². The number of nitrogens with one attached hydrogen (secondary N) is 3. The lowest BCUT2D eigenvalue weighted by Gasteiger charge is -2.22. The minimum atomic E-state index is -3.72. The van der Waals surface area contributed by atoms with Crippen LogP contribution >= 0.6 is 12.2 Å². The molecule has 0 bridgehead atoms. The lowest BCUT2D eigenvalue weighted by atomic mass is 9.93. The Labute approximate surface area is 174 Å². The number of aromatic nitrogens is 1. The second kappa shape index (κ2) is 7.94. The van der Waals surface area contributed by atoms with Gasteiger partial charge in [0.1, 0.15) is 0 Å². The maximum atomic E-state index is 11.4. The summed E-state index contributed by atoms with van der Waals surface area (Å²) in [5.41, 5.74) is 11.3. The average Bonchev–Trinajstić information content (AvgIpc) is 2.71. The van der Waals surface area contributed by atoms with Gasteiger partial charge in [-0.2, -0.15) is 0 Å². The number of aryl methyl sites for hydroxylation is 1. The van der Waals surface area contributed by atoms with E-state index in [1.165, 1.54) is 17.7 Å². The third kappa shape index (κ3) is 4.31. The Hall–Kier alpha value is -2.75. The molecule has 29 heavy (non-hydrogen) atoms. The van der Waals surface area contributed by atoms with Crippen LogP contribution in [0.5, 0.6) is 0 Å². The van der Waals surface area contributed by atoms with Crippen molar-refractivity contribution in [1.82, 2.24) is 10.4 Å². The summed E-state index contributed by atoms with van der Waals surface area (Å²) >= 11 is 5.38. The number of hydrogen-bond donors (Lipinski definition) is 4. The summed E-state index contributed by atoms with van der Waals surface area (Å²) in [5.74, 6) is 0. The number of fused-ring (bicyclic) bond motifs is 2. The number of primary sulfonamides is 1. The maximum absolute atomic E-state index is 11.4. The molecule has 0 spiro atoms. The second-order valence-corrected chi connectivity index (χ2v) is 8.88. The van der Waals surface area contributed by atoms with Gasteiger partial charge in [0.2, 0.25) is 10.0 Å². The minimum absolute atomic E-state index is 0.0509. The van der Waals surface area contributed by atoms with Crippen LogP contribution in [0.4, 0.5) is 11.4 Å². The monoisotopic (exact) mass is 427 g/mol. The van der Waals surface area contributed by atoms with Gasteiger partial charge in [-0.05, 0) is 73.8 Å². The van der Waals surface area contributed by atoms with Crippen molar-refractivity contribution in [3.05, 3.63) is 59.8 Å². The smallest absolute Gasteiger partial charge is 0.238 e. The molecule has 1 heterocycles. The molecule has 0 amide bonds. The molecule has 9 heteroatoms. The topological polar surface area (TPSA) is 109 Å². The van der Waals surface area contributed by atoms with Crippen LogP contribution in [0.1, 0.15) is 24.1 Å². The molecule has 0 radical (unpaired) electrons. The van der Waals surface area contributed by atoms with Crippen molar-refractivity contribution in [2.24, 2.45) is 5.14 Å². The Morgan fingerprint density at radius 1 is 1.03 bits per heavy atom. The third-order valence-electron chi connectivity index (χ3n) is 4.91. The number of pyridine rings is 1. The van der Waals surface area contributed by atoms with Crippen LogP contribution in [0.2, 0.25) is 0 Å². The van der Waals surface area contributed by atoms with Crippen LogP contribution in [-0.4, -0.2) is 18.5 Å². The summed E-state index contributed by atoms with van der Waals surface area (Å²) in [5, 5.41) is 9.55. The molecule has 5 N–H and O–H groups in total. The maximum Gasteiger partial charge on any atom is 0.238 e. The van der Waals surface area contributed by atoms with E-state index in [-0.39, 0.29) is 4.90 Å². The van der Waals surface area contributed by atoms with E-state index in [0.717, 1.165) is 48.0 Å². The zero-order valence-corrected chi connectivity index (χ0v) is 17.2. The van der Waals surface area contributed by atoms with Gasteiger partial charge < -0.3 is 5.32 Å². The molecule has 3 aromatic rings. The van der Waals surface area contributed by atoms with Crippen LogP contribution in [0, 0.1) is 0 Å². The van der Waals surface area contributed by atoms with E-state index in [4.69, 9.17) is 22.3 Å². The van der Waals surface area contributed by atoms with Crippen LogP contribution in [0.3, 0.4) is 0 Å². The van der Waals surface area contributed by atoms with E-state index in [9.17, 15) is 8.42 Å². The first-order valence-electron chi connectivity index (χ1n) is 9.28. The fourth-order valence-electron chi connectivity index (χ4n) is 3.52. The van der Waals surface area contributed by atoms with Gasteiger partial charge in [-0.1, -0.05) is 18.2 Å². The van der Waals surface area contributed by atoms with Gasteiger partial charge in [-0.3, -0.25) is 15.8 Å². The van der Waals surface area contributed by atoms with Gasteiger partial charge in [0.05, 0.1) is 16.1 Å². The number of thiocarbonyl (C=S) groups is 1. The Balaban J connectivity index is 1.51. The average molecular weight is 428 g/mol. The summed E-state index contributed by atoms with van der Waals surface area (Å²) in [6, 6.07) is 14.1. The first-order chi connectivity index (χ1) is 13.9. The summed E-state index contributed by atoms with van der Waals surface area (Å²) in [7, 11) is -3.72. The highest BCUT2D eigenvalue weighted by atomic mass is 32.2. The second-order valence-electron chi connectivity index (χ2n) is 6.91. The molecule has 4 rings (SSSR count). The standard InChI is InChI=1S/C20H21N5O2S2/c21-29(26,27)14-11-9-13(10-12-14)22-20(28)25-24-19-15-5-1-3-7-17(15)23-18-8-4-2-6-16(18)19/h1,3,5,7,9-12H,2,4,6,8H2,(H,23,24)(H2,21,26,27)(H2,22,25,28). The molecule has 1 aliphatic carbocycles. The molecule has 1 aliphatic rings. The highest BCUT2D eigenvalue weighted by Crippen LogP contribution is 2.32. The fourth-order valence-corrected chi connectivity index (χ4v) is 4.21. The molecule has 2 aromatic carbocycles. The predicted octanol–water partition coefficient (Wildman–Crippen LogP) is 3.07. The molecule has 7 nitrogen and oxygen atoms in total. The third-order valence-corrected chi connectivity index (χ3v) is 6.04. The summed E-state index contributed by atoms with van der Waals surface area (Å²) in [6.45, 7) is 0. The molecular weight excluding hydrogens is 406 g/mol. The van der Waals surface area contributed by atoms with E-state index in [2.05, 4.69) is 16.2 Å². The number of nitrogens with zero attached hydrogens (tertiary/aromatic N) is 1. The number of hydrazine groups is 1. The van der Waals surface area contributed by atoms with Crippen molar-refractivity contribution in [2.75, 3.05) is 10.7 Å². The van der Waals surface area contributed by atoms with Gasteiger partial charge in [0, 0.05) is 16.8 Å². The zero-order chi connectivity index (χ0) is 20.4. The van der Waals surface area contributed by atoms with Crippen LogP contribution in [-0.2, 0) is 22.9 Å². The molecule has 0 saturated carbocycles. The largest absolute Gasteiger partial charge is 0.331 e. The van der Waals surface area contributed by atoms with Crippen molar-refractivity contribution in [1.29, 1.82) is 0 Å². The molecule has 0 unspecified atom stereocenters. The van der Waals surface area contributed by atoms with Crippen LogP contribution in [0.15, 0.2) is 53.4 Å². The summed E-state index contributed by atoms with van der Waals surface area (Å²) < 4.78 is 22.7. The van der Waals surface area contributed by atoms with Crippen molar-refractivity contribution in [3.63, 3.8) is 0 Å². The highest BCUT2D eigenvalue weighted by Gasteiger charge is 2.18. The van der Waals surface area contributed by atoms with E-state index in [1.807, 2.05) is 24.3 Å². The first kappa shape index (κ1) is 19.6. The van der Waals surface area contributed by atoms with Crippen molar-refractivity contribution < 1.29 is 8.42 Å². The van der Waals surface area contributed by atoms with Gasteiger partial charge >= 0.3 is 0 Å². The lowest BCUT2D eigenvalue weighted by Crippen LogP contribution is -2.34. The zero-order valence-electron chi connectivity index (χ0n) is 15.6. The Morgan fingerprint density at radius 3 is 2.52 bits per heavy atom. The van der Waals surface area contributed by atoms with E-state index in [1.54, 1.807) is 12.1 Å². The number of sulfonamides is 1. The summed E-state index contributed by atoms with van der Waals surface area (Å²) in [4.78, 5) is 4.87. The molecule has 150 valence electrons. The number of nitrogens with two attached hydrogens (primary N) is 1. The van der Waals surface area contributed by atoms with Crippen LogP contribution < -0.4 is 21.3 Å². The number of benzene rings is 2. The minimum Gasteiger partial charge on any atom is -0.331 e.